The number of phenols is 1. The molecular formula is C11H12FN3O. The molecule has 0 bridgehead atoms. The fraction of sp³-hybridized carbons (Fsp3) is 0.182. The van der Waals surface area contributed by atoms with Crippen LogP contribution in [0.25, 0.3) is 0 Å². The van der Waals surface area contributed by atoms with Gasteiger partial charge >= 0.3 is 0 Å². The monoisotopic (exact) mass is 221 g/mol. The third-order valence-corrected chi connectivity index (χ3v) is 2.33. The third-order valence-electron chi connectivity index (χ3n) is 2.33. The number of benzene rings is 1. The van der Waals surface area contributed by atoms with Gasteiger partial charge in [-0.25, -0.2) is 4.39 Å². The van der Waals surface area contributed by atoms with E-state index in [0.29, 0.717) is 5.56 Å². The number of nitrogens with one attached hydrogen (secondary N) is 2. The summed E-state index contributed by atoms with van der Waals surface area (Å²) in [7, 11) is 0. The van der Waals surface area contributed by atoms with Crippen molar-refractivity contribution in [2.24, 2.45) is 0 Å². The summed E-state index contributed by atoms with van der Waals surface area (Å²) in [6, 6.07) is 3.93. The standard InChI is InChI=1S/C11H12FN3O/c1-7(15-8-5-13-14-6-8)10-3-2-9(16)4-11(10)12/h2-7,15-16H,1H3,(H,13,14). The van der Waals surface area contributed by atoms with Gasteiger partial charge in [0.25, 0.3) is 0 Å². The zero-order valence-electron chi connectivity index (χ0n) is 8.74. The molecule has 0 fully saturated rings. The maximum absolute atomic E-state index is 13.5. The summed E-state index contributed by atoms with van der Waals surface area (Å²) in [6.45, 7) is 1.84. The summed E-state index contributed by atoms with van der Waals surface area (Å²) in [5.74, 6) is -0.500. The molecule has 5 heteroatoms. The number of aromatic nitrogens is 2. The molecule has 4 nitrogen and oxygen atoms in total. The third kappa shape index (κ3) is 2.13. The summed E-state index contributed by atoms with van der Waals surface area (Å²) in [6.07, 6.45) is 3.31. The van der Waals surface area contributed by atoms with E-state index in [0.717, 1.165) is 11.8 Å². The minimum absolute atomic E-state index is 0.0724. The molecule has 0 aliphatic rings. The molecule has 0 radical (unpaired) electrons. The first-order chi connectivity index (χ1) is 7.66. The zero-order chi connectivity index (χ0) is 11.5. The maximum Gasteiger partial charge on any atom is 0.132 e. The number of hydrogen-bond acceptors (Lipinski definition) is 3. The number of aromatic hydroxyl groups is 1. The van der Waals surface area contributed by atoms with E-state index in [1.54, 1.807) is 18.5 Å². The highest BCUT2D eigenvalue weighted by molar-refractivity contribution is 5.42. The van der Waals surface area contributed by atoms with Gasteiger partial charge in [0.05, 0.1) is 17.9 Å². The maximum atomic E-state index is 13.5. The highest BCUT2D eigenvalue weighted by Crippen LogP contribution is 2.23. The first-order valence-electron chi connectivity index (χ1n) is 4.90. The number of H-pyrrole nitrogens is 1. The second-order valence-corrected chi connectivity index (χ2v) is 3.56. The number of anilines is 1. The van der Waals surface area contributed by atoms with Crippen LogP contribution >= 0.6 is 0 Å². The van der Waals surface area contributed by atoms with Gasteiger partial charge in [-0.1, -0.05) is 6.07 Å². The lowest BCUT2D eigenvalue weighted by molar-refractivity contribution is 0.467. The molecule has 0 amide bonds. The van der Waals surface area contributed by atoms with Gasteiger partial charge in [-0.2, -0.15) is 5.10 Å². The van der Waals surface area contributed by atoms with Crippen LogP contribution in [0.1, 0.15) is 18.5 Å². The van der Waals surface area contributed by atoms with Crippen LogP contribution in [0.2, 0.25) is 0 Å². The quantitative estimate of drug-likeness (QED) is 0.746. The Kier molecular flexibility index (Phi) is 2.76. The molecule has 0 aliphatic carbocycles. The molecule has 0 saturated carbocycles. The Labute approximate surface area is 92.1 Å². The minimum atomic E-state index is -0.427. The second kappa shape index (κ2) is 4.22. The number of nitrogens with zero attached hydrogens (tertiary/aromatic N) is 1. The predicted octanol–water partition coefficient (Wildman–Crippen LogP) is 2.43. The van der Waals surface area contributed by atoms with Crippen LogP contribution in [-0.4, -0.2) is 15.3 Å². The van der Waals surface area contributed by atoms with Crippen LogP contribution in [-0.2, 0) is 0 Å². The number of rotatable bonds is 3. The second-order valence-electron chi connectivity index (χ2n) is 3.56. The lowest BCUT2D eigenvalue weighted by Gasteiger charge is -2.14. The number of phenolic OH excluding ortho intramolecular Hbond substituents is 1. The fourth-order valence-corrected chi connectivity index (χ4v) is 1.52. The van der Waals surface area contributed by atoms with E-state index in [1.165, 1.54) is 6.07 Å². The van der Waals surface area contributed by atoms with Crippen molar-refractivity contribution in [2.75, 3.05) is 5.32 Å². The van der Waals surface area contributed by atoms with Crippen molar-refractivity contribution in [3.63, 3.8) is 0 Å². The zero-order valence-corrected chi connectivity index (χ0v) is 8.74. The lowest BCUT2D eigenvalue weighted by Crippen LogP contribution is -2.07. The molecule has 2 rings (SSSR count). The van der Waals surface area contributed by atoms with Gasteiger partial charge < -0.3 is 10.4 Å². The molecule has 0 aliphatic heterocycles. The van der Waals surface area contributed by atoms with Crippen LogP contribution in [0.5, 0.6) is 5.75 Å². The van der Waals surface area contributed by atoms with E-state index in [4.69, 9.17) is 5.11 Å². The number of halogens is 1. The average Bonchev–Trinajstić information content (AvgIpc) is 2.70. The molecule has 2 aromatic rings. The highest BCUT2D eigenvalue weighted by Gasteiger charge is 2.11. The van der Waals surface area contributed by atoms with Crippen LogP contribution in [0.4, 0.5) is 10.1 Å². The number of aromatic amines is 1. The van der Waals surface area contributed by atoms with Crippen LogP contribution in [0, 0.1) is 5.82 Å². The van der Waals surface area contributed by atoms with Gasteiger partial charge in [-0.3, -0.25) is 5.10 Å². The van der Waals surface area contributed by atoms with Crippen molar-refractivity contribution in [2.45, 2.75) is 13.0 Å². The molecular weight excluding hydrogens is 209 g/mol. The number of hydrogen-bond donors (Lipinski definition) is 3. The Morgan fingerprint density at radius 2 is 2.31 bits per heavy atom. The van der Waals surface area contributed by atoms with Crippen molar-refractivity contribution in [1.29, 1.82) is 0 Å². The summed E-state index contributed by atoms with van der Waals surface area (Å²) >= 11 is 0. The van der Waals surface area contributed by atoms with E-state index in [2.05, 4.69) is 15.5 Å². The summed E-state index contributed by atoms with van der Waals surface area (Å²) < 4.78 is 13.5. The van der Waals surface area contributed by atoms with Crippen molar-refractivity contribution in [3.8, 4) is 5.75 Å². The summed E-state index contributed by atoms with van der Waals surface area (Å²) in [5.41, 5.74) is 1.29. The Morgan fingerprint density at radius 3 is 2.94 bits per heavy atom. The van der Waals surface area contributed by atoms with E-state index in [1.807, 2.05) is 6.92 Å². The van der Waals surface area contributed by atoms with Gasteiger partial charge in [-0.15, -0.1) is 0 Å². The minimum Gasteiger partial charge on any atom is -0.508 e. The SMILES string of the molecule is CC(Nc1cn[nH]c1)c1ccc(O)cc1F. The molecule has 16 heavy (non-hydrogen) atoms. The van der Waals surface area contributed by atoms with Crippen molar-refractivity contribution >= 4 is 5.69 Å². The molecule has 1 aromatic carbocycles. The first-order valence-corrected chi connectivity index (χ1v) is 4.90. The molecule has 0 saturated heterocycles. The fourth-order valence-electron chi connectivity index (χ4n) is 1.52. The normalized spacial score (nSPS) is 12.4. The Morgan fingerprint density at radius 1 is 1.50 bits per heavy atom. The van der Waals surface area contributed by atoms with E-state index >= 15 is 0 Å². The lowest BCUT2D eigenvalue weighted by atomic mass is 10.1. The molecule has 1 atom stereocenters. The van der Waals surface area contributed by atoms with E-state index in [9.17, 15) is 4.39 Å². The van der Waals surface area contributed by atoms with Crippen molar-refractivity contribution in [1.82, 2.24) is 10.2 Å². The Balaban J connectivity index is 2.17. The first kappa shape index (κ1) is 10.5. The molecule has 84 valence electrons. The summed E-state index contributed by atoms with van der Waals surface area (Å²) in [4.78, 5) is 0. The van der Waals surface area contributed by atoms with Gasteiger partial charge in [0.15, 0.2) is 0 Å². The van der Waals surface area contributed by atoms with Crippen LogP contribution < -0.4 is 5.32 Å². The van der Waals surface area contributed by atoms with Gasteiger partial charge in [0.1, 0.15) is 11.6 Å². The topological polar surface area (TPSA) is 60.9 Å². The molecule has 3 N–H and O–H groups in total. The van der Waals surface area contributed by atoms with Crippen molar-refractivity contribution < 1.29 is 9.50 Å². The van der Waals surface area contributed by atoms with Gasteiger partial charge in [0.2, 0.25) is 0 Å². The largest absolute Gasteiger partial charge is 0.508 e. The predicted molar refractivity (Wildman–Crippen MR) is 58.7 cm³/mol. The van der Waals surface area contributed by atoms with E-state index in [-0.39, 0.29) is 11.8 Å². The Hall–Kier alpha value is -2.04. The van der Waals surface area contributed by atoms with Crippen molar-refractivity contribution in [3.05, 3.63) is 42.0 Å². The molecule has 0 spiro atoms. The molecule has 1 unspecified atom stereocenters. The van der Waals surface area contributed by atoms with E-state index < -0.39 is 5.82 Å². The van der Waals surface area contributed by atoms with Gasteiger partial charge in [-0.05, 0) is 13.0 Å². The smallest absolute Gasteiger partial charge is 0.132 e. The van der Waals surface area contributed by atoms with Gasteiger partial charge in [0, 0.05) is 17.8 Å². The van der Waals surface area contributed by atoms with Crippen LogP contribution in [0.3, 0.4) is 0 Å². The Bertz CT molecular complexity index is 470. The summed E-state index contributed by atoms with van der Waals surface area (Å²) in [5, 5.41) is 18.6. The average molecular weight is 221 g/mol. The molecule has 1 heterocycles. The highest BCUT2D eigenvalue weighted by atomic mass is 19.1. The molecule has 1 aromatic heterocycles. The van der Waals surface area contributed by atoms with Crippen LogP contribution in [0.15, 0.2) is 30.6 Å².